The molecule has 2 bridgehead atoms. The fourth-order valence-corrected chi connectivity index (χ4v) is 8.36. The average Bonchev–Trinajstić information content (AvgIpc) is 3.67. The van der Waals surface area contributed by atoms with Crippen LogP contribution in [-0.4, -0.2) is 126 Å². The largest absolute Gasteiger partial charge is 0.486 e. The number of fused-ring (bicyclic) bond motifs is 6. The van der Waals surface area contributed by atoms with E-state index in [4.69, 9.17) is 35.2 Å². The first kappa shape index (κ1) is 40.0. The Morgan fingerprint density at radius 1 is 0.885 bits per heavy atom. The van der Waals surface area contributed by atoms with Crippen molar-refractivity contribution in [3.05, 3.63) is 112 Å². The van der Waals surface area contributed by atoms with Crippen LogP contribution >= 0.6 is 0 Å². The van der Waals surface area contributed by atoms with Gasteiger partial charge in [-0.2, -0.15) is 9.98 Å². The molecule has 4 aliphatic heterocycles. The number of nitrogen functional groups attached to an aromatic ring is 1. The van der Waals surface area contributed by atoms with Crippen LogP contribution in [0.25, 0.3) is 0 Å². The number of aromatic nitrogens is 1. The number of rotatable bonds is 9. The lowest BCUT2D eigenvalue weighted by molar-refractivity contribution is -0.289. The van der Waals surface area contributed by atoms with E-state index >= 15 is 0 Å². The number of aliphatic hydroxyl groups excluding tert-OH is 3. The lowest BCUT2D eigenvalue weighted by Gasteiger charge is -2.42. The first-order valence-electron chi connectivity index (χ1n) is 19.7. The van der Waals surface area contributed by atoms with E-state index in [1.54, 1.807) is 53.6 Å². The quantitative estimate of drug-likeness (QED) is 0.140. The number of nitrogens with two attached hydrogens (primary N) is 2. The second kappa shape index (κ2) is 16.6. The highest BCUT2D eigenvalue weighted by Crippen LogP contribution is 2.49. The summed E-state index contributed by atoms with van der Waals surface area (Å²) in [6, 6.07) is 18.8. The van der Waals surface area contributed by atoms with E-state index in [1.165, 1.54) is 0 Å². The number of hydrogen-bond acceptors (Lipinski definition) is 17. The second-order valence-electron chi connectivity index (χ2n) is 14.9. The predicted molar refractivity (Wildman–Crippen MR) is 218 cm³/mol. The van der Waals surface area contributed by atoms with Gasteiger partial charge in [-0.1, -0.05) is 42.5 Å². The van der Waals surface area contributed by atoms with Gasteiger partial charge in [-0.05, 0) is 48.2 Å². The fourth-order valence-electron chi connectivity index (χ4n) is 8.36. The third kappa shape index (κ3) is 7.32. The molecular formula is C43H41N7O11. The van der Waals surface area contributed by atoms with Gasteiger partial charge in [0.2, 0.25) is 12.2 Å². The van der Waals surface area contributed by atoms with E-state index in [9.17, 15) is 29.7 Å². The average molecular weight is 832 g/mol. The smallest absolute Gasteiger partial charge is 0.302 e. The van der Waals surface area contributed by atoms with Crippen LogP contribution in [0.5, 0.6) is 11.5 Å². The van der Waals surface area contributed by atoms with E-state index in [0.29, 0.717) is 29.1 Å². The van der Waals surface area contributed by atoms with Crippen LogP contribution in [0.3, 0.4) is 0 Å². The van der Waals surface area contributed by atoms with Crippen molar-refractivity contribution in [1.82, 2.24) is 4.98 Å². The highest BCUT2D eigenvalue weighted by atomic mass is 16.7. The topological polar surface area (TPSA) is 263 Å². The first-order valence-corrected chi connectivity index (χ1v) is 19.7. The molecule has 7 N–H and O–H groups in total. The highest BCUT2D eigenvalue weighted by molar-refractivity contribution is 6.72. The van der Waals surface area contributed by atoms with Crippen molar-refractivity contribution in [2.45, 2.75) is 49.5 Å². The molecule has 1 aliphatic carbocycles. The molecule has 314 valence electrons. The molecule has 0 spiro atoms. The number of ether oxygens (including phenoxy) is 5. The molecule has 18 heteroatoms. The van der Waals surface area contributed by atoms with Crippen LogP contribution in [0.15, 0.2) is 87.9 Å². The summed E-state index contributed by atoms with van der Waals surface area (Å²) in [5, 5.41) is 33.1. The Hall–Kier alpha value is -6.41. The van der Waals surface area contributed by atoms with E-state index < -0.39 is 60.7 Å². The number of benzene rings is 3. The standard InChI is InChI=1S/C43H41N7O11/c44-30-17-21(9-12-46-30)10-15-58-39-36(55)35(54)29-19-57-14-11-22(23-5-3-4-8-28(23)50-20-47-32-40(50)48-43(45)49-41(32)56)26-18-27-31(34(53)25-7-2-1-6-24(25)33(27)52)38(59-16-13-51)37(26)61-42(39)60-29/h1-9,12,17-18,22,29,35-36,39,42,51,54-55H,10-11,13-16,19-20H2,(H2,44,46)(H2,45,49,56). The third-order valence-electron chi connectivity index (χ3n) is 11.2. The number of carbonyl (C=O) groups excluding carboxylic acids is 3. The molecule has 1 fully saturated rings. The Bertz CT molecular complexity index is 2530. The number of para-hydroxylation sites is 1. The Kier molecular flexibility index (Phi) is 10.9. The van der Waals surface area contributed by atoms with E-state index in [-0.39, 0.29) is 90.8 Å². The highest BCUT2D eigenvalue weighted by Gasteiger charge is 2.48. The van der Waals surface area contributed by atoms with Gasteiger partial charge < -0.3 is 55.4 Å². The van der Waals surface area contributed by atoms with Crippen LogP contribution in [-0.2, 0) is 25.4 Å². The number of guanidine groups is 1. The molecule has 18 nitrogen and oxygen atoms in total. The molecule has 61 heavy (non-hydrogen) atoms. The van der Waals surface area contributed by atoms with Gasteiger partial charge in [0.1, 0.15) is 43.5 Å². The van der Waals surface area contributed by atoms with Gasteiger partial charge in [-0.3, -0.25) is 19.4 Å². The zero-order valence-electron chi connectivity index (χ0n) is 32.5. The number of amidine groups is 1. The monoisotopic (exact) mass is 831 g/mol. The Morgan fingerprint density at radius 2 is 1.67 bits per heavy atom. The van der Waals surface area contributed by atoms with Crippen molar-refractivity contribution in [3.63, 3.8) is 0 Å². The van der Waals surface area contributed by atoms with Gasteiger partial charge in [-0.15, -0.1) is 0 Å². The molecule has 6 unspecified atom stereocenters. The van der Waals surface area contributed by atoms with E-state index in [0.717, 1.165) is 5.56 Å². The molecule has 5 aliphatic rings. The number of amides is 1. The van der Waals surface area contributed by atoms with Crippen LogP contribution in [0.4, 0.5) is 11.5 Å². The summed E-state index contributed by atoms with van der Waals surface area (Å²) < 4.78 is 31.9. The molecule has 1 saturated heterocycles. The van der Waals surface area contributed by atoms with Crippen LogP contribution < -0.4 is 25.8 Å². The molecule has 3 aromatic carbocycles. The molecule has 6 atom stereocenters. The van der Waals surface area contributed by atoms with Crippen molar-refractivity contribution in [1.29, 1.82) is 0 Å². The Labute approximate surface area is 348 Å². The minimum atomic E-state index is -1.54. The zero-order chi connectivity index (χ0) is 42.4. The van der Waals surface area contributed by atoms with Crippen LogP contribution in [0, 0.1) is 0 Å². The minimum Gasteiger partial charge on any atom is -0.486 e. The SMILES string of the molecule is NC1=NC(=O)C2=NCN(c3ccccc3C3CCOCC4OC(Oc5c3cc3c(c5OCCO)C(=O)c5ccccc5C3=O)C(OCCc3ccnc(N)c3)C(O)C4O)C2=N1. The van der Waals surface area contributed by atoms with Crippen LogP contribution in [0.1, 0.15) is 60.9 Å². The summed E-state index contributed by atoms with van der Waals surface area (Å²) in [5.74, 6) is -2.14. The van der Waals surface area contributed by atoms with E-state index in [1.807, 2.05) is 24.3 Å². The lowest BCUT2D eigenvalue weighted by atomic mass is 9.79. The lowest BCUT2D eigenvalue weighted by Crippen LogP contribution is -2.61. The zero-order valence-corrected chi connectivity index (χ0v) is 32.5. The maximum absolute atomic E-state index is 14.5. The van der Waals surface area contributed by atoms with Gasteiger partial charge in [0.25, 0.3) is 0 Å². The summed E-state index contributed by atoms with van der Waals surface area (Å²) in [7, 11) is 0. The van der Waals surface area contributed by atoms with Gasteiger partial charge in [0.15, 0.2) is 34.6 Å². The van der Waals surface area contributed by atoms with Crippen molar-refractivity contribution < 1.29 is 53.4 Å². The minimum absolute atomic E-state index is 0.0175. The molecule has 5 heterocycles. The summed E-state index contributed by atoms with van der Waals surface area (Å²) in [5.41, 5.74) is 14.6. The number of nitrogens with zero attached hydrogens (tertiary/aromatic N) is 5. The number of pyridine rings is 1. The summed E-state index contributed by atoms with van der Waals surface area (Å²) in [6.45, 7) is -0.780. The number of ketones is 2. The summed E-state index contributed by atoms with van der Waals surface area (Å²) >= 11 is 0. The number of anilines is 2. The molecular weight excluding hydrogens is 791 g/mol. The number of hydrogen-bond donors (Lipinski definition) is 5. The molecule has 0 radical (unpaired) electrons. The predicted octanol–water partition coefficient (Wildman–Crippen LogP) is 1.29. The van der Waals surface area contributed by atoms with Crippen molar-refractivity contribution >= 4 is 46.5 Å². The maximum Gasteiger partial charge on any atom is 0.302 e. The number of aliphatic imine (C=N–C) groups is 3. The van der Waals surface area contributed by atoms with Crippen molar-refractivity contribution in [2.75, 3.05) is 50.3 Å². The van der Waals surface area contributed by atoms with Gasteiger partial charge in [-0.25, -0.2) is 4.98 Å². The number of aliphatic hydroxyl groups is 3. The van der Waals surface area contributed by atoms with E-state index in [2.05, 4.69) is 20.0 Å². The first-order chi connectivity index (χ1) is 29.6. The summed E-state index contributed by atoms with van der Waals surface area (Å²) in [6.07, 6.45) is -4.69. The molecule has 4 aromatic rings. The molecule has 1 amide bonds. The normalized spacial score (nSPS) is 24.5. The Balaban J connectivity index is 1.22. The van der Waals surface area contributed by atoms with Crippen LogP contribution in [0.2, 0.25) is 0 Å². The third-order valence-corrected chi connectivity index (χ3v) is 11.2. The molecule has 9 rings (SSSR count). The van der Waals surface area contributed by atoms with Gasteiger partial charge in [0.05, 0.1) is 25.4 Å². The molecule has 0 saturated carbocycles. The van der Waals surface area contributed by atoms with Gasteiger partial charge >= 0.3 is 5.91 Å². The maximum atomic E-state index is 14.5. The number of carbonyl (C=O) groups is 3. The second-order valence-corrected chi connectivity index (χ2v) is 14.9. The summed E-state index contributed by atoms with van der Waals surface area (Å²) in [4.78, 5) is 60.1. The van der Waals surface area contributed by atoms with Gasteiger partial charge in [0, 0.05) is 46.7 Å². The molecule has 1 aromatic heterocycles. The fraction of sp³-hybridized carbons (Fsp3) is 0.326. The van der Waals surface area contributed by atoms with Crippen molar-refractivity contribution in [3.8, 4) is 11.5 Å². The van der Waals surface area contributed by atoms with Crippen molar-refractivity contribution in [2.24, 2.45) is 20.7 Å². The Morgan fingerprint density at radius 3 is 2.48 bits per heavy atom.